The fourth-order valence-electron chi connectivity index (χ4n) is 3.04. The molecule has 1 aliphatic carbocycles. The summed E-state index contributed by atoms with van der Waals surface area (Å²) in [4.78, 5) is 5.36. The molecule has 0 saturated heterocycles. The van der Waals surface area contributed by atoms with E-state index in [-0.39, 0.29) is 5.41 Å². The van der Waals surface area contributed by atoms with Crippen molar-refractivity contribution in [2.75, 3.05) is 0 Å². The van der Waals surface area contributed by atoms with E-state index in [4.69, 9.17) is 9.15 Å². The van der Waals surface area contributed by atoms with Gasteiger partial charge in [-0.05, 0) is 44.9 Å². The second-order valence-corrected chi connectivity index (χ2v) is 6.97. The molecule has 0 N–H and O–H groups in total. The largest absolute Gasteiger partial charge is 0.488 e. The number of fused-ring (bicyclic) bond motifs is 1. The minimum absolute atomic E-state index is 0.359. The lowest BCUT2D eigenvalue weighted by molar-refractivity contribution is 0.309. The molecule has 23 heavy (non-hydrogen) atoms. The van der Waals surface area contributed by atoms with Crippen LogP contribution in [0.25, 0.3) is 11.0 Å². The van der Waals surface area contributed by atoms with Crippen LogP contribution in [0.2, 0.25) is 0 Å². The first-order chi connectivity index (χ1) is 11.1. The number of hydrogen-bond acceptors (Lipinski definition) is 5. The number of aryl methyl sites for hydroxylation is 2. The zero-order valence-corrected chi connectivity index (χ0v) is 13.9. The minimum atomic E-state index is -0.359. The SMILES string of the molecule is Cc1ncsc1COc1ccc2oc(C)c(C3(C#N)CC3)c2c1. The smallest absolute Gasteiger partial charge is 0.134 e. The van der Waals surface area contributed by atoms with Gasteiger partial charge in [-0.3, -0.25) is 0 Å². The molecule has 3 aromatic rings. The maximum atomic E-state index is 9.51. The van der Waals surface area contributed by atoms with E-state index in [0.29, 0.717) is 6.61 Å². The zero-order valence-electron chi connectivity index (χ0n) is 13.0. The fourth-order valence-corrected chi connectivity index (χ4v) is 3.73. The summed E-state index contributed by atoms with van der Waals surface area (Å²) < 4.78 is 11.8. The van der Waals surface area contributed by atoms with Crippen molar-refractivity contribution in [3.63, 3.8) is 0 Å². The predicted molar refractivity (Wildman–Crippen MR) is 88.7 cm³/mol. The molecule has 1 aliphatic rings. The Morgan fingerprint density at radius 1 is 1.39 bits per heavy atom. The van der Waals surface area contributed by atoms with Gasteiger partial charge in [-0.2, -0.15) is 5.26 Å². The Kier molecular flexibility index (Phi) is 3.17. The third-order valence-electron chi connectivity index (χ3n) is 4.49. The molecule has 1 aromatic carbocycles. The lowest BCUT2D eigenvalue weighted by Crippen LogP contribution is -2.03. The second kappa shape index (κ2) is 5.10. The Hall–Kier alpha value is -2.32. The maximum absolute atomic E-state index is 9.51. The number of ether oxygens (including phenoxy) is 1. The van der Waals surface area contributed by atoms with Gasteiger partial charge < -0.3 is 9.15 Å². The highest BCUT2D eigenvalue weighted by Crippen LogP contribution is 2.52. The number of nitriles is 1. The standard InChI is InChI=1S/C18H16N2O2S/c1-11-16(23-10-20-11)8-21-13-3-4-15-14(7-13)17(12(2)22-15)18(9-19)5-6-18/h3-4,7,10H,5-6,8H2,1-2H3. The number of rotatable bonds is 4. The van der Waals surface area contributed by atoms with Gasteiger partial charge in [0.1, 0.15) is 23.7 Å². The van der Waals surface area contributed by atoms with Crippen LogP contribution >= 0.6 is 11.3 Å². The predicted octanol–water partition coefficient (Wildman–Crippen LogP) is 4.64. The van der Waals surface area contributed by atoms with E-state index < -0.39 is 0 Å². The van der Waals surface area contributed by atoms with E-state index in [9.17, 15) is 5.26 Å². The van der Waals surface area contributed by atoms with Crippen molar-refractivity contribution in [2.45, 2.75) is 38.7 Å². The van der Waals surface area contributed by atoms with Gasteiger partial charge in [0.05, 0.1) is 27.6 Å². The monoisotopic (exact) mass is 324 g/mol. The van der Waals surface area contributed by atoms with Gasteiger partial charge >= 0.3 is 0 Å². The molecule has 0 aliphatic heterocycles. The Balaban J connectivity index is 1.69. The quantitative estimate of drug-likeness (QED) is 0.701. The molecule has 0 atom stereocenters. The Morgan fingerprint density at radius 2 is 2.22 bits per heavy atom. The van der Waals surface area contributed by atoms with Crippen LogP contribution in [0.4, 0.5) is 0 Å². The molecular formula is C18H16N2O2S. The third-order valence-corrected chi connectivity index (χ3v) is 5.40. The van der Waals surface area contributed by atoms with Crippen molar-refractivity contribution >= 4 is 22.3 Å². The summed E-state index contributed by atoms with van der Waals surface area (Å²) in [6.07, 6.45) is 1.81. The van der Waals surface area contributed by atoms with E-state index in [2.05, 4.69) is 11.1 Å². The minimum Gasteiger partial charge on any atom is -0.488 e. The third kappa shape index (κ3) is 2.30. The van der Waals surface area contributed by atoms with E-state index in [1.54, 1.807) is 11.3 Å². The number of aromatic nitrogens is 1. The van der Waals surface area contributed by atoms with Crippen molar-refractivity contribution < 1.29 is 9.15 Å². The van der Waals surface area contributed by atoms with Gasteiger partial charge in [-0.15, -0.1) is 11.3 Å². The number of furan rings is 1. The number of nitrogens with zero attached hydrogens (tertiary/aromatic N) is 2. The molecule has 0 bridgehead atoms. The Morgan fingerprint density at radius 3 is 2.87 bits per heavy atom. The molecule has 1 fully saturated rings. The number of benzene rings is 1. The van der Waals surface area contributed by atoms with Gasteiger partial charge in [0, 0.05) is 10.9 Å². The lowest BCUT2D eigenvalue weighted by atomic mass is 9.94. The molecule has 0 spiro atoms. The summed E-state index contributed by atoms with van der Waals surface area (Å²) in [6, 6.07) is 8.30. The summed E-state index contributed by atoms with van der Waals surface area (Å²) in [5, 5.41) is 10.5. The van der Waals surface area contributed by atoms with Crippen molar-refractivity contribution in [2.24, 2.45) is 0 Å². The molecule has 0 amide bonds. The summed E-state index contributed by atoms with van der Waals surface area (Å²) >= 11 is 1.60. The van der Waals surface area contributed by atoms with Crippen LogP contribution in [0.3, 0.4) is 0 Å². The highest BCUT2D eigenvalue weighted by molar-refractivity contribution is 7.09. The fraction of sp³-hybridized carbons (Fsp3) is 0.333. The first-order valence-electron chi connectivity index (χ1n) is 7.59. The van der Waals surface area contributed by atoms with Gasteiger partial charge in [-0.25, -0.2) is 4.98 Å². The van der Waals surface area contributed by atoms with Gasteiger partial charge in [0.2, 0.25) is 0 Å². The van der Waals surface area contributed by atoms with Crippen molar-refractivity contribution in [3.05, 3.63) is 45.6 Å². The second-order valence-electron chi connectivity index (χ2n) is 6.03. The maximum Gasteiger partial charge on any atom is 0.134 e. The van der Waals surface area contributed by atoms with Crippen LogP contribution in [0.5, 0.6) is 5.75 Å². The molecule has 116 valence electrons. The molecule has 1 saturated carbocycles. The highest BCUT2D eigenvalue weighted by Gasteiger charge is 2.48. The molecule has 0 radical (unpaired) electrons. The van der Waals surface area contributed by atoms with Crippen LogP contribution in [-0.4, -0.2) is 4.98 Å². The van der Waals surface area contributed by atoms with Crippen LogP contribution in [0, 0.1) is 25.2 Å². The number of thiazole rings is 1. The average molecular weight is 324 g/mol. The summed E-state index contributed by atoms with van der Waals surface area (Å²) in [5.74, 6) is 1.63. The Bertz CT molecular complexity index is 928. The molecule has 0 unspecified atom stereocenters. The van der Waals surface area contributed by atoms with Gasteiger partial charge in [0.25, 0.3) is 0 Å². The molecular weight excluding hydrogens is 308 g/mol. The van der Waals surface area contributed by atoms with Gasteiger partial charge in [-0.1, -0.05) is 0 Å². The first kappa shape index (κ1) is 14.3. The Labute approximate surface area is 138 Å². The van der Waals surface area contributed by atoms with E-state index >= 15 is 0 Å². The summed E-state index contributed by atoms with van der Waals surface area (Å²) in [7, 11) is 0. The van der Waals surface area contributed by atoms with Crippen LogP contribution < -0.4 is 4.74 Å². The topological polar surface area (TPSA) is 59.1 Å². The molecule has 2 heterocycles. The average Bonchev–Trinajstić information content (AvgIpc) is 3.11. The zero-order chi connectivity index (χ0) is 16.0. The van der Waals surface area contributed by atoms with Crippen molar-refractivity contribution in [3.8, 4) is 11.8 Å². The molecule has 5 heteroatoms. The normalized spacial score (nSPS) is 15.5. The summed E-state index contributed by atoms with van der Waals surface area (Å²) in [6.45, 7) is 4.44. The van der Waals surface area contributed by atoms with Gasteiger partial charge in [0.15, 0.2) is 0 Å². The molecule has 4 rings (SSSR count). The molecule has 2 aromatic heterocycles. The van der Waals surface area contributed by atoms with Crippen molar-refractivity contribution in [1.82, 2.24) is 4.98 Å². The highest BCUT2D eigenvalue weighted by atomic mass is 32.1. The van der Waals surface area contributed by atoms with E-state index in [1.165, 1.54) is 0 Å². The van der Waals surface area contributed by atoms with Crippen LogP contribution in [0.1, 0.15) is 34.7 Å². The van der Waals surface area contributed by atoms with E-state index in [0.717, 1.165) is 51.5 Å². The van der Waals surface area contributed by atoms with Crippen molar-refractivity contribution in [1.29, 1.82) is 5.26 Å². The van der Waals surface area contributed by atoms with E-state index in [1.807, 2.05) is 37.6 Å². The van der Waals surface area contributed by atoms with Crippen LogP contribution in [0.15, 0.2) is 28.1 Å². The number of hydrogen-bond donors (Lipinski definition) is 0. The first-order valence-corrected chi connectivity index (χ1v) is 8.47. The molecule has 4 nitrogen and oxygen atoms in total. The summed E-state index contributed by atoms with van der Waals surface area (Å²) in [5.41, 5.74) is 4.34. The lowest BCUT2D eigenvalue weighted by Gasteiger charge is -2.07. The van der Waals surface area contributed by atoms with Crippen LogP contribution in [-0.2, 0) is 12.0 Å².